The second kappa shape index (κ2) is 42.6. The van der Waals surface area contributed by atoms with Crippen molar-refractivity contribution < 1.29 is 4.74 Å². The lowest BCUT2D eigenvalue weighted by atomic mass is 9.97. The third-order valence-electron chi connectivity index (χ3n) is 23.7. The maximum atomic E-state index is 5.32. The zero-order valence-corrected chi connectivity index (χ0v) is 75.4. The summed E-state index contributed by atoms with van der Waals surface area (Å²) in [5.74, 6) is 0.843. The van der Waals surface area contributed by atoms with Gasteiger partial charge in [0.2, 0.25) is 0 Å². The van der Waals surface area contributed by atoms with Crippen molar-refractivity contribution in [3.8, 4) is 141 Å². The molecule has 11 heteroatoms. The van der Waals surface area contributed by atoms with Crippen LogP contribution in [0.2, 0.25) is 0 Å². The zero-order chi connectivity index (χ0) is 88.7. The number of rotatable bonds is 25. The Bertz CT molecular complexity index is 6400. The highest BCUT2D eigenvalue weighted by Gasteiger charge is 2.18. The molecule has 0 aliphatic heterocycles. The molecule has 6 aromatic heterocycles. The van der Waals surface area contributed by atoms with Crippen LogP contribution < -0.4 is 24.3 Å². The Morgan fingerprint density at radius 1 is 0.195 bits per heavy atom. The van der Waals surface area contributed by atoms with E-state index in [0.29, 0.717) is 0 Å². The summed E-state index contributed by atoms with van der Waals surface area (Å²) in [5, 5.41) is 4.93. The van der Waals surface area contributed by atoms with Crippen LogP contribution in [0.3, 0.4) is 0 Å². The molecule has 0 N–H and O–H groups in total. The van der Waals surface area contributed by atoms with Crippen LogP contribution in [0, 0.1) is 13.8 Å². The monoisotopic (exact) mass is 1670 g/mol. The molecule has 6 heterocycles. The Kier molecular flexibility index (Phi) is 29.3. The van der Waals surface area contributed by atoms with Crippen LogP contribution in [-0.4, -0.2) is 89.4 Å². The molecule has 0 bridgehead atoms. The molecule has 18 rings (SSSR count). The fourth-order valence-corrected chi connectivity index (χ4v) is 16.3. The minimum absolute atomic E-state index is 0.843. The largest absolute Gasteiger partial charge is 0.497 e. The molecule has 0 saturated carbocycles. The first kappa shape index (κ1) is 87.9. The number of methoxy groups -OCH3 is 1. The average molecular weight is 1670 g/mol. The number of ether oxygens (including phenoxy) is 1. The Morgan fingerprint density at radius 2 is 0.438 bits per heavy atom. The maximum Gasteiger partial charge on any atom is 0.118 e. The molecular weight excluding hydrogens is 1560 g/mol. The van der Waals surface area contributed by atoms with Crippen LogP contribution in [0.25, 0.3) is 156 Å². The van der Waals surface area contributed by atoms with Gasteiger partial charge in [0, 0.05) is 121 Å². The molecule has 0 radical (unpaired) electrons. The van der Waals surface area contributed by atoms with Crippen LogP contribution in [0.5, 0.6) is 5.75 Å². The van der Waals surface area contributed by atoms with E-state index in [1.807, 2.05) is 54.6 Å². The first-order chi connectivity index (χ1) is 62.8. The predicted molar refractivity (Wildman–Crippen MR) is 543 cm³/mol. The number of benzene rings is 12. The van der Waals surface area contributed by atoms with Crippen molar-refractivity contribution in [2.75, 3.05) is 79.1 Å². The van der Waals surface area contributed by atoms with Crippen LogP contribution in [0.15, 0.2) is 382 Å². The van der Waals surface area contributed by atoms with E-state index in [9.17, 15) is 0 Å². The van der Waals surface area contributed by atoms with Crippen LogP contribution in [-0.2, 0) is 0 Å². The Labute approximate surface area is 756 Å². The molecule has 0 aliphatic rings. The molecule has 0 aliphatic carbocycles. The van der Waals surface area contributed by atoms with Crippen molar-refractivity contribution in [1.82, 2.24) is 29.9 Å². The topological polar surface area (TPSA) is 99.5 Å². The highest BCUT2D eigenvalue weighted by Crippen LogP contribution is 2.39. The Hall–Kier alpha value is -14.9. The van der Waals surface area contributed by atoms with Crippen molar-refractivity contribution in [2.45, 2.75) is 69.2 Å². The summed E-state index contributed by atoms with van der Waals surface area (Å²) >= 11 is 0. The summed E-state index contributed by atoms with van der Waals surface area (Å²) in [4.78, 5) is 38.4. The molecule has 0 amide bonds. The second-order valence-corrected chi connectivity index (χ2v) is 31.8. The molecule has 0 atom stereocenters. The first-order valence-electron chi connectivity index (χ1n) is 44.9. The van der Waals surface area contributed by atoms with Gasteiger partial charge in [-0.15, -0.1) is 0 Å². The van der Waals surface area contributed by atoms with E-state index >= 15 is 0 Å². The van der Waals surface area contributed by atoms with Crippen molar-refractivity contribution in [3.63, 3.8) is 0 Å². The lowest BCUT2D eigenvalue weighted by Gasteiger charge is -2.21. The smallest absolute Gasteiger partial charge is 0.118 e. The predicted octanol–water partition coefficient (Wildman–Crippen LogP) is 29.4. The number of hydrogen-bond acceptors (Lipinski definition) is 11. The van der Waals surface area contributed by atoms with E-state index in [0.717, 1.165) is 165 Å². The van der Waals surface area contributed by atoms with E-state index < -0.39 is 0 Å². The van der Waals surface area contributed by atoms with Gasteiger partial charge >= 0.3 is 0 Å². The summed E-state index contributed by atoms with van der Waals surface area (Å²) in [6.45, 7) is 29.8. The molecule has 0 saturated heterocycles. The maximum absolute atomic E-state index is 5.32. The Balaban J connectivity index is 0.000000132. The standard InChI is InChI=1S/C35H30N2.C29H30N2.C28H28N2O.C25H24N4/c1-3-37(4-2)33-19-17-27(18-20-33)32-23-34(30-15-13-25-9-5-7-11-28(25)21-30)36-35(24-32)31-16-14-26-10-6-8-12-29(26)22-31;1-5-31(6-2)27-17-15-23(16-18-27)26-19-28(24-11-7-21(3)8-12-24)30-29(20-26)25-13-9-22(4)10-14-25;1-4-30(5-2)25-15-11-21(12-16-25)24-19-27(22-9-7-6-8-10-22)29-28(20-24)23-13-17-26(31-3)18-14-23;1-3-29(4-2)21-13-11-19(12-14-21)20-17-24(22-9-5-7-15-26-22)28-25(18-20)23-10-6-8-16-27-23/h5-24H,3-4H2,1-2H3;7-20H,5-6H2,1-4H3;6-20H,4-5H2,1-3H3;5-18H,3-4H2,1-2H3. The molecule has 636 valence electrons. The molecule has 0 spiro atoms. The minimum atomic E-state index is 0.843. The van der Waals surface area contributed by atoms with Gasteiger partial charge in [0.25, 0.3) is 0 Å². The van der Waals surface area contributed by atoms with Crippen molar-refractivity contribution in [3.05, 3.63) is 394 Å². The number of fused-ring (bicyclic) bond motifs is 2. The number of nitrogens with zero attached hydrogens (tertiary/aromatic N) is 10. The number of anilines is 4. The molecule has 11 nitrogen and oxygen atoms in total. The van der Waals surface area contributed by atoms with Gasteiger partial charge in [0.15, 0.2) is 0 Å². The van der Waals surface area contributed by atoms with E-state index in [1.54, 1.807) is 19.5 Å². The number of aromatic nitrogens is 6. The van der Waals surface area contributed by atoms with Gasteiger partial charge in [0.05, 0.1) is 64.0 Å². The summed E-state index contributed by atoms with van der Waals surface area (Å²) in [5.41, 5.74) is 32.9. The van der Waals surface area contributed by atoms with Gasteiger partial charge in [-0.05, 0) is 293 Å². The van der Waals surface area contributed by atoms with Crippen molar-refractivity contribution >= 4 is 44.3 Å². The fourth-order valence-electron chi connectivity index (χ4n) is 16.3. The van der Waals surface area contributed by atoms with Gasteiger partial charge < -0.3 is 24.3 Å². The molecular formula is C117H112N10O. The van der Waals surface area contributed by atoms with Crippen LogP contribution >= 0.6 is 0 Å². The summed E-state index contributed by atoms with van der Waals surface area (Å²) in [6, 6.07) is 130. The molecule has 12 aromatic carbocycles. The van der Waals surface area contributed by atoms with Gasteiger partial charge in [-0.25, -0.2) is 19.9 Å². The van der Waals surface area contributed by atoms with Crippen molar-refractivity contribution in [1.29, 1.82) is 0 Å². The van der Waals surface area contributed by atoms with Gasteiger partial charge in [-0.3, -0.25) is 9.97 Å². The molecule has 18 aromatic rings. The number of pyridine rings is 6. The van der Waals surface area contributed by atoms with Gasteiger partial charge in [-0.2, -0.15) is 0 Å². The average Bonchev–Trinajstić information content (AvgIpc) is 0.785. The summed E-state index contributed by atoms with van der Waals surface area (Å²) in [7, 11) is 1.68. The van der Waals surface area contributed by atoms with E-state index in [-0.39, 0.29) is 0 Å². The molecule has 0 unspecified atom stereocenters. The lowest BCUT2D eigenvalue weighted by molar-refractivity contribution is 0.415. The van der Waals surface area contributed by atoms with E-state index in [4.69, 9.17) is 24.7 Å². The Morgan fingerprint density at radius 3 is 0.727 bits per heavy atom. The SMILES string of the molecule is CCN(CC)c1ccc(-c2cc(-c3ccc(C)cc3)nc(-c3ccc(C)cc3)c2)cc1.CCN(CC)c1ccc(-c2cc(-c3ccc4ccccc4c3)nc(-c3ccc4ccccc4c3)c2)cc1.CCN(CC)c1ccc(-c2cc(-c3ccccc3)nc(-c3ccc(OC)cc3)c2)cc1.CCN(CC)c1ccc(-c2cc(-c3ccccn3)nc(-c3ccccn3)c2)cc1. The highest BCUT2D eigenvalue weighted by atomic mass is 16.5. The van der Waals surface area contributed by atoms with Gasteiger partial charge in [0.1, 0.15) is 5.75 Å². The van der Waals surface area contributed by atoms with E-state index in [2.05, 4.69) is 414 Å². The van der Waals surface area contributed by atoms with Gasteiger partial charge in [-0.1, -0.05) is 223 Å². The molecule has 128 heavy (non-hydrogen) atoms. The quantitative estimate of drug-likeness (QED) is 0.0547. The van der Waals surface area contributed by atoms with Crippen LogP contribution in [0.4, 0.5) is 22.7 Å². The second-order valence-electron chi connectivity index (χ2n) is 31.8. The summed E-state index contributed by atoms with van der Waals surface area (Å²) in [6.07, 6.45) is 3.59. The molecule has 0 fully saturated rings. The first-order valence-corrected chi connectivity index (χ1v) is 44.9. The lowest BCUT2D eigenvalue weighted by Crippen LogP contribution is -2.21. The fraction of sp³-hybridized carbons (Fsp3) is 0.162. The third-order valence-corrected chi connectivity index (χ3v) is 23.7. The third kappa shape index (κ3) is 21.7. The number of hydrogen-bond donors (Lipinski definition) is 0. The van der Waals surface area contributed by atoms with Crippen molar-refractivity contribution in [2.24, 2.45) is 0 Å². The zero-order valence-electron chi connectivity index (χ0n) is 75.4. The van der Waals surface area contributed by atoms with Crippen LogP contribution in [0.1, 0.15) is 66.5 Å². The summed E-state index contributed by atoms with van der Waals surface area (Å²) < 4.78 is 5.32. The normalized spacial score (nSPS) is 10.9. The minimum Gasteiger partial charge on any atom is -0.497 e. The number of aryl methyl sites for hydroxylation is 2. The highest BCUT2D eigenvalue weighted by molar-refractivity contribution is 5.91. The van der Waals surface area contributed by atoms with E-state index in [1.165, 1.54) is 83.2 Å².